The lowest BCUT2D eigenvalue weighted by atomic mass is 10.1. The first-order valence-electron chi connectivity index (χ1n) is 9.32. The molecule has 0 aromatic rings. The van der Waals surface area contributed by atoms with Crippen LogP contribution in [0.25, 0.3) is 0 Å². The third-order valence-electron chi connectivity index (χ3n) is 4.05. The Bertz CT molecular complexity index is 180. The Hall–Kier alpha value is -0.120. The predicted octanol–water partition coefficient (Wildman–Crippen LogP) is 4.71. The van der Waals surface area contributed by atoms with Crippen LogP contribution in [0.15, 0.2) is 0 Å². The van der Waals surface area contributed by atoms with Gasteiger partial charge in [0.1, 0.15) is 12.5 Å². The molecular weight excluding hydrogens is 262 g/mol. The van der Waals surface area contributed by atoms with Gasteiger partial charge in [-0.15, -0.1) is 0 Å². The molecule has 3 heteroatoms. The summed E-state index contributed by atoms with van der Waals surface area (Å²) in [5.41, 5.74) is 0. The lowest BCUT2D eigenvalue weighted by Crippen LogP contribution is -2.38. The maximum absolute atomic E-state index is 9.82. The van der Waals surface area contributed by atoms with Crippen molar-refractivity contribution in [1.29, 1.82) is 0 Å². The molecule has 0 aliphatic heterocycles. The fraction of sp³-hybridized carbons (Fsp3) is 1.00. The van der Waals surface area contributed by atoms with Gasteiger partial charge in [-0.1, -0.05) is 78.1 Å². The number of aliphatic hydroxyl groups excluding tert-OH is 2. The molecule has 2 unspecified atom stereocenters. The van der Waals surface area contributed by atoms with Crippen LogP contribution in [0.3, 0.4) is 0 Å². The SMILES string of the molecule is CCCCCCCCC(O)NC(O)CCCCCCCC. The van der Waals surface area contributed by atoms with Crippen LogP contribution in [0.5, 0.6) is 0 Å². The molecule has 0 heterocycles. The lowest BCUT2D eigenvalue weighted by molar-refractivity contribution is 0.0310. The number of aliphatic hydroxyl groups is 2. The quantitative estimate of drug-likeness (QED) is 0.286. The molecule has 0 saturated heterocycles. The Kier molecular flexibility index (Phi) is 16.2. The van der Waals surface area contributed by atoms with Crippen LogP contribution in [0.4, 0.5) is 0 Å². The zero-order chi connectivity index (χ0) is 15.8. The third-order valence-corrected chi connectivity index (χ3v) is 4.05. The fourth-order valence-electron chi connectivity index (χ4n) is 2.62. The van der Waals surface area contributed by atoms with E-state index in [0.29, 0.717) is 0 Å². The van der Waals surface area contributed by atoms with Crippen LogP contribution in [-0.4, -0.2) is 22.7 Å². The molecular formula is C18H39NO2. The van der Waals surface area contributed by atoms with E-state index < -0.39 is 12.5 Å². The average molecular weight is 302 g/mol. The van der Waals surface area contributed by atoms with Gasteiger partial charge in [-0.2, -0.15) is 0 Å². The summed E-state index contributed by atoms with van der Waals surface area (Å²) in [5, 5.41) is 22.5. The predicted molar refractivity (Wildman–Crippen MR) is 91.1 cm³/mol. The highest BCUT2D eigenvalue weighted by Crippen LogP contribution is 2.10. The molecule has 0 aromatic carbocycles. The second-order valence-corrected chi connectivity index (χ2v) is 6.31. The number of hydrogen-bond acceptors (Lipinski definition) is 3. The van der Waals surface area contributed by atoms with Crippen LogP contribution in [0.2, 0.25) is 0 Å². The van der Waals surface area contributed by atoms with Gasteiger partial charge in [0.2, 0.25) is 0 Å². The molecule has 21 heavy (non-hydrogen) atoms. The first-order valence-corrected chi connectivity index (χ1v) is 9.32. The van der Waals surface area contributed by atoms with Gasteiger partial charge in [-0.25, -0.2) is 0 Å². The van der Waals surface area contributed by atoms with Gasteiger partial charge < -0.3 is 10.2 Å². The minimum atomic E-state index is -0.550. The Morgan fingerprint density at radius 2 is 0.905 bits per heavy atom. The van der Waals surface area contributed by atoms with Crippen molar-refractivity contribution in [1.82, 2.24) is 5.32 Å². The number of rotatable bonds is 16. The van der Waals surface area contributed by atoms with Gasteiger partial charge in [-0.05, 0) is 25.7 Å². The minimum absolute atomic E-state index is 0.550. The number of unbranched alkanes of at least 4 members (excludes halogenated alkanes) is 10. The summed E-state index contributed by atoms with van der Waals surface area (Å²) in [4.78, 5) is 0. The average Bonchev–Trinajstić information content (AvgIpc) is 2.46. The highest BCUT2D eigenvalue weighted by Gasteiger charge is 2.09. The van der Waals surface area contributed by atoms with Crippen LogP contribution in [0.1, 0.15) is 104 Å². The zero-order valence-corrected chi connectivity index (χ0v) is 14.4. The molecule has 0 aromatic heterocycles. The summed E-state index contributed by atoms with van der Waals surface area (Å²) in [6.45, 7) is 4.44. The van der Waals surface area contributed by atoms with Crippen molar-refractivity contribution < 1.29 is 10.2 Å². The van der Waals surface area contributed by atoms with Crippen LogP contribution >= 0.6 is 0 Å². The molecule has 0 bridgehead atoms. The van der Waals surface area contributed by atoms with Crippen LogP contribution in [0, 0.1) is 0 Å². The molecule has 0 fully saturated rings. The maximum Gasteiger partial charge on any atom is 0.106 e. The van der Waals surface area contributed by atoms with Gasteiger partial charge in [0.05, 0.1) is 0 Å². The number of hydrogen-bond donors (Lipinski definition) is 3. The maximum atomic E-state index is 9.82. The van der Waals surface area contributed by atoms with Crippen molar-refractivity contribution in [3.63, 3.8) is 0 Å². The normalized spacial score (nSPS) is 14.3. The molecule has 3 nitrogen and oxygen atoms in total. The van der Waals surface area contributed by atoms with Crippen LogP contribution < -0.4 is 5.32 Å². The highest BCUT2D eigenvalue weighted by atomic mass is 16.3. The highest BCUT2D eigenvalue weighted by molar-refractivity contribution is 4.59. The Balaban J connectivity index is 3.33. The first kappa shape index (κ1) is 20.9. The van der Waals surface area contributed by atoms with E-state index in [2.05, 4.69) is 19.2 Å². The molecule has 2 atom stereocenters. The molecule has 0 rings (SSSR count). The van der Waals surface area contributed by atoms with E-state index in [4.69, 9.17) is 0 Å². The van der Waals surface area contributed by atoms with Crippen molar-refractivity contribution in [2.45, 2.75) is 116 Å². The minimum Gasteiger partial charge on any atom is -0.379 e. The largest absolute Gasteiger partial charge is 0.379 e. The van der Waals surface area contributed by atoms with Crippen molar-refractivity contribution in [3.8, 4) is 0 Å². The standard InChI is InChI=1S/C18H39NO2/c1-3-5-7-9-11-13-15-17(20)19-18(21)16-14-12-10-8-6-4-2/h17-21H,3-16H2,1-2H3. The van der Waals surface area contributed by atoms with Gasteiger partial charge in [0, 0.05) is 0 Å². The molecule has 0 aliphatic carbocycles. The van der Waals surface area contributed by atoms with E-state index >= 15 is 0 Å². The third kappa shape index (κ3) is 16.1. The molecule has 0 saturated carbocycles. The second kappa shape index (κ2) is 16.3. The second-order valence-electron chi connectivity index (χ2n) is 6.31. The van der Waals surface area contributed by atoms with Gasteiger partial charge >= 0.3 is 0 Å². The smallest absolute Gasteiger partial charge is 0.106 e. The Morgan fingerprint density at radius 1 is 0.571 bits per heavy atom. The summed E-state index contributed by atoms with van der Waals surface area (Å²) in [6, 6.07) is 0. The van der Waals surface area contributed by atoms with E-state index in [9.17, 15) is 10.2 Å². The number of nitrogens with one attached hydrogen (secondary N) is 1. The van der Waals surface area contributed by atoms with Gasteiger partial charge in [0.15, 0.2) is 0 Å². The van der Waals surface area contributed by atoms with E-state index in [1.807, 2.05) is 0 Å². The molecule has 3 N–H and O–H groups in total. The van der Waals surface area contributed by atoms with E-state index in [-0.39, 0.29) is 0 Å². The topological polar surface area (TPSA) is 52.5 Å². The van der Waals surface area contributed by atoms with Crippen molar-refractivity contribution in [2.24, 2.45) is 0 Å². The molecule has 0 aliphatic rings. The molecule has 0 spiro atoms. The van der Waals surface area contributed by atoms with Gasteiger partial charge in [0.25, 0.3) is 0 Å². The fourth-order valence-corrected chi connectivity index (χ4v) is 2.62. The van der Waals surface area contributed by atoms with Gasteiger partial charge in [-0.3, -0.25) is 5.32 Å². The first-order chi connectivity index (χ1) is 10.2. The van der Waals surface area contributed by atoms with Crippen molar-refractivity contribution in [3.05, 3.63) is 0 Å². The molecule has 0 amide bonds. The van der Waals surface area contributed by atoms with Crippen molar-refractivity contribution in [2.75, 3.05) is 0 Å². The Labute approximate surface area is 132 Å². The van der Waals surface area contributed by atoms with Crippen LogP contribution in [-0.2, 0) is 0 Å². The lowest BCUT2D eigenvalue weighted by Gasteiger charge is -2.18. The summed E-state index contributed by atoms with van der Waals surface area (Å²) in [6.07, 6.45) is 15.2. The molecule has 128 valence electrons. The summed E-state index contributed by atoms with van der Waals surface area (Å²) >= 11 is 0. The van der Waals surface area contributed by atoms with Crippen molar-refractivity contribution >= 4 is 0 Å². The monoisotopic (exact) mass is 301 g/mol. The summed E-state index contributed by atoms with van der Waals surface area (Å²) in [5.74, 6) is 0. The Morgan fingerprint density at radius 3 is 1.29 bits per heavy atom. The zero-order valence-electron chi connectivity index (χ0n) is 14.4. The summed E-state index contributed by atoms with van der Waals surface area (Å²) < 4.78 is 0. The van der Waals surface area contributed by atoms with E-state index in [0.717, 1.165) is 25.7 Å². The molecule has 0 radical (unpaired) electrons. The van der Waals surface area contributed by atoms with E-state index in [1.165, 1.54) is 64.2 Å². The summed E-state index contributed by atoms with van der Waals surface area (Å²) in [7, 11) is 0. The van der Waals surface area contributed by atoms with E-state index in [1.54, 1.807) is 0 Å².